The van der Waals surface area contributed by atoms with Gasteiger partial charge in [-0.2, -0.15) is 0 Å². The van der Waals surface area contributed by atoms with Crippen LogP contribution < -0.4 is 9.64 Å². The molecule has 1 aromatic carbocycles. The van der Waals surface area contributed by atoms with Crippen molar-refractivity contribution in [2.45, 2.75) is 68.7 Å². The lowest BCUT2D eigenvalue weighted by molar-refractivity contribution is -0.229. The molecule has 1 saturated carbocycles. The number of unbranched alkanes of at least 4 members (excludes halogenated alkanes) is 1. The molecule has 196 valence electrons. The van der Waals surface area contributed by atoms with Crippen LogP contribution in [0.1, 0.15) is 45.1 Å². The largest absolute Gasteiger partial charge is 0.495 e. The molecule has 1 aromatic rings. The van der Waals surface area contributed by atoms with E-state index < -0.39 is 40.5 Å². The molecule has 1 N–H and O–H groups in total. The second-order valence-electron chi connectivity index (χ2n) is 10.6. The molecule has 36 heavy (non-hydrogen) atoms. The first-order chi connectivity index (χ1) is 17.1. The fourth-order valence-electron chi connectivity index (χ4n) is 8.05. The average molecular weight is 563 g/mol. The van der Waals surface area contributed by atoms with Crippen molar-refractivity contribution in [2.75, 3.05) is 39.3 Å². The zero-order valence-corrected chi connectivity index (χ0v) is 23.1. The summed E-state index contributed by atoms with van der Waals surface area (Å²) in [5, 5.41) is 12.7. The van der Waals surface area contributed by atoms with Gasteiger partial charge >= 0.3 is 11.9 Å². The van der Waals surface area contributed by atoms with Crippen LogP contribution in [0.3, 0.4) is 0 Å². The number of aliphatic hydroxyl groups is 1. The number of carbonyl (C=O) groups excluding carboxylic acids is 2. The molecular formula is C27H35BrN2O6. The second kappa shape index (κ2) is 8.74. The maximum Gasteiger partial charge on any atom is 0.344 e. The van der Waals surface area contributed by atoms with E-state index in [4.69, 9.17) is 14.2 Å². The van der Waals surface area contributed by atoms with Crippen LogP contribution in [0, 0.1) is 5.41 Å². The summed E-state index contributed by atoms with van der Waals surface area (Å²) in [4.78, 5) is 30.7. The third-order valence-corrected chi connectivity index (χ3v) is 9.65. The smallest absolute Gasteiger partial charge is 0.344 e. The van der Waals surface area contributed by atoms with Crippen LogP contribution in [0.15, 0.2) is 28.8 Å². The number of hydrogen-bond acceptors (Lipinski definition) is 8. The number of likely N-dealkylation sites (N-methyl/N-ethyl adjacent to an activating group) is 1. The first-order valence-electron chi connectivity index (χ1n) is 12.6. The number of halogens is 1. The number of methoxy groups -OCH3 is 2. The minimum Gasteiger partial charge on any atom is -0.495 e. The molecule has 0 unspecified atom stereocenters. The molecule has 9 heteroatoms. The van der Waals surface area contributed by atoms with Crippen molar-refractivity contribution in [3.8, 4) is 5.75 Å². The van der Waals surface area contributed by atoms with Crippen LogP contribution >= 0.6 is 15.9 Å². The van der Waals surface area contributed by atoms with E-state index in [2.05, 4.69) is 46.0 Å². The summed E-state index contributed by atoms with van der Waals surface area (Å²) in [6.07, 6.45) is 6.32. The topological polar surface area (TPSA) is 88.5 Å². The van der Waals surface area contributed by atoms with Crippen LogP contribution in [0.25, 0.3) is 0 Å². The van der Waals surface area contributed by atoms with Crippen LogP contribution in [0.4, 0.5) is 5.69 Å². The van der Waals surface area contributed by atoms with Crippen LogP contribution in [0.5, 0.6) is 5.75 Å². The van der Waals surface area contributed by atoms with E-state index >= 15 is 0 Å². The van der Waals surface area contributed by atoms with Gasteiger partial charge in [-0.15, -0.1) is 0 Å². The van der Waals surface area contributed by atoms with Crippen molar-refractivity contribution in [1.82, 2.24) is 4.90 Å². The third-order valence-electron chi connectivity index (χ3n) is 9.03. The Morgan fingerprint density at radius 3 is 2.64 bits per heavy atom. The van der Waals surface area contributed by atoms with Gasteiger partial charge in [0.15, 0.2) is 6.10 Å². The van der Waals surface area contributed by atoms with E-state index in [1.807, 2.05) is 18.0 Å². The Morgan fingerprint density at radius 1 is 1.25 bits per heavy atom. The van der Waals surface area contributed by atoms with E-state index in [9.17, 15) is 14.7 Å². The summed E-state index contributed by atoms with van der Waals surface area (Å²) < 4.78 is 17.7. The quantitative estimate of drug-likeness (QED) is 0.417. The van der Waals surface area contributed by atoms with Gasteiger partial charge in [0.25, 0.3) is 0 Å². The number of ether oxygens (including phenoxy) is 3. The number of rotatable bonds is 6. The number of esters is 2. The zero-order valence-electron chi connectivity index (χ0n) is 21.5. The molecule has 2 fully saturated rings. The molecule has 0 bridgehead atoms. The molecule has 0 amide bonds. The first kappa shape index (κ1) is 25.5. The molecule has 6 atom stereocenters. The Morgan fingerprint density at radius 2 is 2.00 bits per heavy atom. The Kier molecular flexibility index (Phi) is 6.20. The van der Waals surface area contributed by atoms with E-state index in [0.29, 0.717) is 12.2 Å². The summed E-state index contributed by atoms with van der Waals surface area (Å²) in [7, 11) is 4.79. The molecule has 1 aliphatic carbocycles. The lowest BCUT2D eigenvalue weighted by Crippen LogP contribution is -2.81. The van der Waals surface area contributed by atoms with Gasteiger partial charge in [0, 0.05) is 49.1 Å². The van der Waals surface area contributed by atoms with Gasteiger partial charge in [-0.25, -0.2) is 4.79 Å². The van der Waals surface area contributed by atoms with Crippen LogP contribution in [-0.4, -0.2) is 80.1 Å². The van der Waals surface area contributed by atoms with Gasteiger partial charge in [-0.05, 0) is 46.9 Å². The molecule has 3 heterocycles. The van der Waals surface area contributed by atoms with Crippen molar-refractivity contribution >= 4 is 33.6 Å². The Hall–Kier alpha value is -2.10. The number of fused-ring (bicyclic) bond motifs is 1. The normalized spacial score (nSPS) is 36.2. The summed E-state index contributed by atoms with van der Waals surface area (Å²) >= 11 is 3.68. The molecule has 0 aromatic heterocycles. The maximum atomic E-state index is 13.7. The molecular weight excluding hydrogens is 528 g/mol. The molecule has 1 spiro atoms. The van der Waals surface area contributed by atoms with Crippen molar-refractivity contribution in [1.29, 1.82) is 0 Å². The highest BCUT2D eigenvalue weighted by molar-refractivity contribution is 9.10. The van der Waals surface area contributed by atoms with Crippen LogP contribution in [0.2, 0.25) is 0 Å². The number of hydrogen-bond donors (Lipinski definition) is 1. The molecule has 3 aliphatic heterocycles. The van der Waals surface area contributed by atoms with Gasteiger partial charge in [0.05, 0.1) is 24.7 Å². The fourth-order valence-corrected chi connectivity index (χ4v) is 8.56. The van der Waals surface area contributed by atoms with Crippen molar-refractivity contribution in [3.63, 3.8) is 0 Å². The number of nitrogens with zero attached hydrogens (tertiary/aromatic N) is 2. The monoisotopic (exact) mass is 562 g/mol. The van der Waals surface area contributed by atoms with E-state index in [0.717, 1.165) is 48.1 Å². The molecule has 4 aliphatic rings. The van der Waals surface area contributed by atoms with Crippen molar-refractivity contribution in [3.05, 3.63) is 34.3 Å². The number of carbonyl (C=O) groups is 2. The number of anilines is 1. The lowest BCUT2D eigenvalue weighted by atomic mass is 9.47. The summed E-state index contributed by atoms with van der Waals surface area (Å²) in [6.45, 7) is 5.03. The van der Waals surface area contributed by atoms with Crippen LogP contribution in [-0.2, 0) is 24.5 Å². The highest BCUT2D eigenvalue weighted by Crippen LogP contribution is 2.68. The maximum absolute atomic E-state index is 13.7. The highest BCUT2D eigenvalue weighted by Gasteiger charge is 2.80. The summed E-state index contributed by atoms with van der Waals surface area (Å²) in [5.74, 6) is -0.642. The third kappa shape index (κ3) is 3.05. The minimum absolute atomic E-state index is 0.0789. The second-order valence-corrected chi connectivity index (χ2v) is 11.5. The van der Waals surface area contributed by atoms with E-state index in [1.165, 1.54) is 14.0 Å². The Bertz CT molecular complexity index is 1130. The minimum atomic E-state index is -2.10. The summed E-state index contributed by atoms with van der Waals surface area (Å²) in [5.41, 5.74) is -1.51. The van der Waals surface area contributed by atoms with Gasteiger partial charge < -0.3 is 24.2 Å². The van der Waals surface area contributed by atoms with Gasteiger partial charge in [-0.3, -0.25) is 9.69 Å². The predicted octanol–water partition coefficient (Wildman–Crippen LogP) is 3.18. The van der Waals surface area contributed by atoms with Crippen molar-refractivity contribution < 1.29 is 28.9 Å². The van der Waals surface area contributed by atoms with Gasteiger partial charge in [0.2, 0.25) is 5.60 Å². The SMILES string of the molecule is CCCC[C@]12C=CCN3CC[C@]4(c5cc(Br)c(OC)cc5N(C)[C@@H]4[C@](O)(C(=O)OC)[C@H]1OC(C)=O)[C@@H]32. The summed E-state index contributed by atoms with van der Waals surface area (Å²) in [6, 6.07) is 3.26. The predicted molar refractivity (Wildman–Crippen MR) is 138 cm³/mol. The molecule has 5 rings (SSSR count). The van der Waals surface area contributed by atoms with Gasteiger partial charge in [0.1, 0.15) is 5.75 Å². The molecule has 0 radical (unpaired) electrons. The Balaban J connectivity index is 1.87. The average Bonchev–Trinajstić information content (AvgIpc) is 3.36. The standard InChI is InChI=1S/C27H35BrN2O6/c1-6-7-9-25-10-8-12-30-13-11-26(21(25)30)17-14-18(28)20(34-4)15-19(17)29(3)22(26)27(33,24(32)35-5)23(25)36-16(2)31/h8,10,14-15,21-23,33H,6-7,9,11-13H2,1-5H3/t21-,22-,23-,25+,26-,27+/m0/s1. The lowest BCUT2D eigenvalue weighted by Gasteiger charge is -2.63. The van der Waals surface area contributed by atoms with E-state index in [1.54, 1.807) is 7.11 Å². The van der Waals surface area contributed by atoms with E-state index in [-0.39, 0.29) is 6.04 Å². The first-order valence-corrected chi connectivity index (χ1v) is 13.4. The zero-order chi connectivity index (χ0) is 26.0. The molecule has 1 saturated heterocycles. The van der Waals surface area contributed by atoms with Gasteiger partial charge in [-0.1, -0.05) is 31.9 Å². The van der Waals surface area contributed by atoms with Crippen molar-refractivity contribution in [2.24, 2.45) is 5.41 Å². The molecule has 8 nitrogen and oxygen atoms in total. The Labute approximate surface area is 220 Å². The fraction of sp³-hybridized carbons (Fsp3) is 0.630. The number of benzene rings is 1. The highest BCUT2D eigenvalue weighted by atomic mass is 79.9.